The minimum atomic E-state index is -4.74. The van der Waals surface area contributed by atoms with E-state index in [9.17, 15) is 22.8 Å². The summed E-state index contributed by atoms with van der Waals surface area (Å²) in [6, 6.07) is 11.4. The van der Waals surface area contributed by atoms with Crippen LogP contribution >= 0.6 is 0 Å². The molecule has 0 saturated heterocycles. The van der Waals surface area contributed by atoms with Gasteiger partial charge in [0.1, 0.15) is 12.1 Å². The van der Waals surface area contributed by atoms with Crippen LogP contribution in [0.25, 0.3) is 0 Å². The smallest absolute Gasteiger partial charge is 0.354 e. The third kappa shape index (κ3) is 4.95. The summed E-state index contributed by atoms with van der Waals surface area (Å²) in [4.78, 5) is 23.9. The molecule has 1 amide bonds. The van der Waals surface area contributed by atoms with Gasteiger partial charge in [-0.25, -0.2) is 0 Å². The van der Waals surface area contributed by atoms with Gasteiger partial charge >= 0.3 is 6.18 Å². The maximum Gasteiger partial charge on any atom is 0.421 e. The average Bonchev–Trinajstić information content (AvgIpc) is 2.57. The zero-order chi connectivity index (χ0) is 18.4. The number of hydrogen-bond donors (Lipinski definition) is 1. The van der Waals surface area contributed by atoms with Gasteiger partial charge in [0.15, 0.2) is 0 Å². The number of nitrogens with one attached hydrogen (secondary N) is 1. The van der Waals surface area contributed by atoms with E-state index in [-0.39, 0.29) is 5.92 Å². The molecule has 0 saturated carbocycles. The first-order valence-electron chi connectivity index (χ1n) is 7.91. The molecule has 0 fully saturated rings. The van der Waals surface area contributed by atoms with Gasteiger partial charge in [-0.1, -0.05) is 37.3 Å². The second-order valence-electron chi connectivity index (χ2n) is 5.67. The van der Waals surface area contributed by atoms with Crippen LogP contribution in [0.4, 0.5) is 13.2 Å². The Morgan fingerprint density at radius 1 is 1.16 bits per heavy atom. The molecule has 0 aliphatic carbocycles. The van der Waals surface area contributed by atoms with E-state index < -0.39 is 29.8 Å². The van der Waals surface area contributed by atoms with Crippen molar-refractivity contribution in [2.45, 2.75) is 32.0 Å². The summed E-state index contributed by atoms with van der Waals surface area (Å²) >= 11 is 0. The first kappa shape index (κ1) is 18.8. The predicted molar refractivity (Wildman–Crippen MR) is 88.2 cm³/mol. The van der Waals surface area contributed by atoms with Crippen molar-refractivity contribution in [3.05, 3.63) is 70.1 Å². The topological polar surface area (TPSA) is 51.1 Å². The maximum atomic E-state index is 12.7. The molecule has 0 radical (unpaired) electrons. The van der Waals surface area contributed by atoms with Gasteiger partial charge in [0.2, 0.25) is 5.91 Å². The Bertz CT molecular complexity index is 770. The van der Waals surface area contributed by atoms with Crippen molar-refractivity contribution in [3.63, 3.8) is 0 Å². The van der Waals surface area contributed by atoms with Crippen molar-refractivity contribution < 1.29 is 18.0 Å². The second-order valence-corrected chi connectivity index (χ2v) is 5.67. The normalized spacial score (nSPS) is 12.6. The summed E-state index contributed by atoms with van der Waals surface area (Å²) < 4.78 is 39.0. The molecule has 0 spiro atoms. The van der Waals surface area contributed by atoms with E-state index >= 15 is 0 Å². The van der Waals surface area contributed by atoms with E-state index in [0.717, 1.165) is 22.6 Å². The Morgan fingerprint density at radius 3 is 2.44 bits per heavy atom. The number of alkyl halides is 3. The van der Waals surface area contributed by atoms with Gasteiger partial charge in [-0.3, -0.25) is 9.59 Å². The second kappa shape index (κ2) is 8.00. The Hall–Kier alpha value is -2.57. The monoisotopic (exact) mass is 352 g/mol. The summed E-state index contributed by atoms with van der Waals surface area (Å²) in [5, 5.41) is 2.69. The lowest BCUT2D eigenvalue weighted by Gasteiger charge is -2.16. The third-order valence-electron chi connectivity index (χ3n) is 3.95. The van der Waals surface area contributed by atoms with Crippen molar-refractivity contribution in [2.75, 3.05) is 6.54 Å². The number of rotatable bonds is 6. The average molecular weight is 352 g/mol. The first-order valence-corrected chi connectivity index (χ1v) is 7.91. The fraction of sp³-hybridized carbons (Fsp3) is 0.333. The van der Waals surface area contributed by atoms with Crippen LogP contribution in [0, 0.1) is 0 Å². The molecule has 1 heterocycles. The molecule has 1 aromatic carbocycles. The van der Waals surface area contributed by atoms with Crippen LogP contribution in [0.15, 0.2) is 53.5 Å². The highest BCUT2D eigenvalue weighted by molar-refractivity contribution is 5.75. The molecule has 1 atom stereocenters. The van der Waals surface area contributed by atoms with Crippen LogP contribution in [0.1, 0.15) is 30.4 Å². The predicted octanol–water partition coefficient (Wildman–Crippen LogP) is 3.18. The number of carbonyl (C=O) groups is 1. The van der Waals surface area contributed by atoms with Crippen molar-refractivity contribution in [2.24, 2.45) is 0 Å². The molecule has 0 bridgehead atoms. The van der Waals surface area contributed by atoms with Gasteiger partial charge in [-0.15, -0.1) is 0 Å². The molecule has 2 rings (SSSR count). The Labute approximate surface area is 143 Å². The number of carbonyl (C=O) groups excluding carboxylic acids is 1. The van der Waals surface area contributed by atoms with Crippen LogP contribution in [-0.2, 0) is 17.5 Å². The van der Waals surface area contributed by atoms with Crippen LogP contribution < -0.4 is 10.9 Å². The molecule has 1 N–H and O–H groups in total. The maximum absolute atomic E-state index is 12.7. The van der Waals surface area contributed by atoms with E-state index in [1.165, 1.54) is 6.20 Å². The number of hydrogen-bond acceptors (Lipinski definition) is 2. The van der Waals surface area contributed by atoms with Gasteiger partial charge in [0, 0.05) is 18.7 Å². The highest BCUT2D eigenvalue weighted by atomic mass is 19.4. The Kier molecular flexibility index (Phi) is 6.01. The standard InChI is InChI=1S/C18H19F3N2O2/c1-2-13(14-7-4-3-5-8-14)11-22-16(24)12-23-10-6-9-15(17(23)25)18(19,20)21/h3-10,13H,2,11-12H2,1H3,(H,22,24)/t13-/m1/s1. The van der Waals surface area contributed by atoms with Gasteiger partial charge < -0.3 is 9.88 Å². The lowest BCUT2D eigenvalue weighted by atomic mass is 9.96. The van der Waals surface area contributed by atoms with E-state index in [4.69, 9.17) is 0 Å². The summed E-state index contributed by atoms with van der Waals surface area (Å²) in [6.07, 6.45) is -2.77. The van der Waals surface area contributed by atoms with Crippen LogP contribution in [0.5, 0.6) is 0 Å². The summed E-state index contributed by atoms with van der Waals surface area (Å²) in [6.45, 7) is 1.89. The minimum Gasteiger partial charge on any atom is -0.354 e. The molecule has 0 unspecified atom stereocenters. The zero-order valence-corrected chi connectivity index (χ0v) is 13.7. The van der Waals surface area contributed by atoms with Crippen LogP contribution in [0.3, 0.4) is 0 Å². The number of aromatic nitrogens is 1. The first-order chi connectivity index (χ1) is 11.8. The van der Waals surface area contributed by atoms with Crippen LogP contribution in [0.2, 0.25) is 0 Å². The molecule has 7 heteroatoms. The highest BCUT2D eigenvalue weighted by Gasteiger charge is 2.34. The largest absolute Gasteiger partial charge is 0.421 e. The summed E-state index contributed by atoms with van der Waals surface area (Å²) in [5.41, 5.74) is -1.43. The molecular weight excluding hydrogens is 333 g/mol. The molecule has 2 aromatic rings. The molecule has 1 aromatic heterocycles. The lowest BCUT2D eigenvalue weighted by molar-refractivity contribution is -0.139. The van der Waals surface area contributed by atoms with Crippen LogP contribution in [-0.4, -0.2) is 17.0 Å². The van der Waals surface area contributed by atoms with E-state index in [2.05, 4.69) is 5.32 Å². The van der Waals surface area contributed by atoms with Crippen molar-refractivity contribution in [1.82, 2.24) is 9.88 Å². The number of benzene rings is 1. The molecule has 25 heavy (non-hydrogen) atoms. The SMILES string of the molecule is CC[C@H](CNC(=O)Cn1cccc(C(F)(F)F)c1=O)c1ccccc1. The van der Waals surface area contributed by atoms with E-state index in [0.29, 0.717) is 12.6 Å². The molecule has 0 aliphatic rings. The number of amides is 1. The summed E-state index contributed by atoms with van der Waals surface area (Å²) in [7, 11) is 0. The lowest BCUT2D eigenvalue weighted by Crippen LogP contribution is -2.36. The van der Waals surface area contributed by atoms with Crippen molar-refractivity contribution >= 4 is 5.91 Å². The minimum absolute atomic E-state index is 0.100. The molecule has 4 nitrogen and oxygen atoms in total. The molecule has 134 valence electrons. The molecular formula is C18H19F3N2O2. The van der Waals surface area contributed by atoms with Gasteiger partial charge in [-0.2, -0.15) is 13.2 Å². The quantitative estimate of drug-likeness (QED) is 0.868. The van der Waals surface area contributed by atoms with E-state index in [1.807, 2.05) is 37.3 Å². The summed E-state index contributed by atoms with van der Waals surface area (Å²) in [5.74, 6) is -0.404. The third-order valence-corrected chi connectivity index (χ3v) is 3.95. The highest BCUT2D eigenvalue weighted by Crippen LogP contribution is 2.26. The molecule has 0 aliphatic heterocycles. The van der Waals surface area contributed by atoms with E-state index in [1.54, 1.807) is 0 Å². The number of halogens is 3. The fourth-order valence-electron chi connectivity index (χ4n) is 2.55. The van der Waals surface area contributed by atoms with Gasteiger partial charge in [0.05, 0.1) is 0 Å². The van der Waals surface area contributed by atoms with Crippen molar-refractivity contribution in [3.8, 4) is 0 Å². The Balaban J connectivity index is 2.02. The number of pyridine rings is 1. The van der Waals surface area contributed by atoms with Gasteiger partial charge in [-0.05, 0) is 24.1 Å². The number of nitrogens with zero attached hydrogens (tertiary/aromatic N) is 1. The Morgan fingerprint density at radius 2 is 1.84 bits per heavy atom. The van der Waals surface area contributed by atoms with Gasteiger partial charge in [0.25, 0.3) is 5.56 Å². The van der Waals surface area contributed by atoms with Crippen molar-refractivity contribution in [1.29, 1.82) is 0 Å². The zero-order valence-electron chi connectivity index (χ0n) is 13.7. The fourth-order valence-corrected chi connectivity index (χ4v) is 2.55.